The Morgan fingerprint density at radius 1 is 0.806 bits per heavy atom. The second-order valence-corrected chi connectivity index (χ2v) is 8.92. The summed E-state index contributed by atoms with van der Waals surface area (Å²) >= 11 is 0. The zero-order chi connectivity index (χ0) is 22.0. The summed E-state index contributed by atoms with van der Waals surface area (Å²) in [7, 11) is 3.32. The molecule has 4 aromatic rings. The second kappa shape index (κ2) is 8.46. The summed E-state index contributed by atoms with van der Waals surface area (Å²) in [6.45, 7) is 7.51. The molecule has 160 valence electrons. The normalized spacial score (nSPS) is 11.6. The van der Waals surface area contributed by atoms with Crippen LogP contribution in [0.2, 0.25) is 0 Å². The molecule has 4 rings (SSSR count). The van der Waals surface area contributed by atoms with Crippen molar-refractivity contribution >= 4 is 11.0 Å². The van der Waals surface area contributed by atoms with Crippen molar-refractivity contribution in [2.24, 2.45) is 0 Å². The van der Waals surface area contributed by atoms with Crippen LogP contribution in [0.15, 0.2) is 66.7 Å². The van der Waals surface area contributed by atoms with Gasteiger partial charge in [-0.15, -0.1) is 0 Å². The highest BCUT2D eigenvalue weighted by molar-refractivity contribution is 5.76. The lowest BCUT2D eigenvalue weighted by Crippen LogP contribution is -2.11. The lowest BCUT2D eigenvalue weighted by molar-refractivity contribution is 0.354. The van der Waals surface area contributed by atoms with Gasteiger partial charge in [0.2, 0.25) is 0 Å². The van der Waals surface area contributed by atoms with E-state index in [1.165, 1.54) is 11.1 Å². The predicted molar refractivity (Wildman–Crippen MR) is 126 cm³/mol. The van der Waals surface area contributed by atoms with Gasteiger partial charge in [-0.25, -0.2) is 4.98 Å². The smallest absolute Gasteiger partial charge is 0.161 e. The number of nitrogens with zero attached hydrogens (tertiary/aromatic N) is 2. The zero-order valence-electron chi connectivity index (χ0n) is 19.0. The number of aromatic nitrogens is 2. The molecule has 0 unspecified atom stereocenters. The van der Waals surface area contributed by atoms with Crippen molar-refractivity contribution in [3.8, 4) is 11.5 Å². The molecule has 4 heteroatoms. The van der Waals surface area contributed by atoms with Gasteiger partial charge in [-0.05, 0) is 46.4 Å². The van der Waals surface area contributed by atoms with Crippen LogP contribution in [0, 0.1) is 0 Å². The Hall–Kier alpha value is -3.27. The fraction of sp³-hybridized carbons (Fsp3) is 0.296. The minimum atomic E-state index is 0.152. The number of imidazole rings is 1. The summed E-state index contributed by atoms with van der Waals surface area (Å²) in [6, 6.07) is 23.3. The number of rotatable bonds is 6. The summed E-state index contributed by atoms with van der Waals surface area (Å²) in [5.41, 5.74) is 6.07. The van der Waals surface area contributed by atoms with Crippen molar-refractivity contribution in [3.05, 3.63) is 89.2 Å². The van der Waals surface area contributed by atoms with Crippen LogP contribution in [0.4, 0.5) is 0 Å². The number of para-hydroxylation sites is 2. The van der Waals surface area contributed by atoms with Crippen molar-refractivity contribution in [3.63, 3.8) is 0 Å². The Morgan fingerprint density at radius 3 is 2.16 bits per heavy atom. The van der Waals surface area contributed by atoms with Crippen LogP contribution >= 0.6 is 0 Å². The summed E-state index contributed by atoms with van der Waals surface area (Å²) in [6.07, 6.45) is 0.717. The average molecular weight is 415 g/mol. The van der Waals surface area contributed by atoms with Crippen LogP contribution < -0.4 is 9.47 Å². The molecule has 31 heavy (non-hydrogen) atoms. The molecule has 3 aromatic carbocycles. The molecule has 1 heterocycles. The fourth-order valence-corrected chi connectivity index (χ4v) is 3.90. The van der Waals surface area contributed by atoms with Gasteiger partial charge < -0.3 is 14.0 Å². The lowest BCUT2D eigenvalue weighted by atomic mass is 9.87. The fourth-order valence-electron chi connectivity index (χ4n) is 3.90. The first kappa shape index (κ1) is 21.0. The molecule has 0 aliphatic heterocycles. The third-order valence-electron chi connectivity index (χ3n) is 5.70. The number of hydrogen-bond acceptors (Lipinski definition) is 3. The van der Waals surface area contributed by atoms with Crippen LogP contribution in [0.5, 0.6) is 11.5 Å². The third-order valence-corrected chi connectivity index (χ3v) is 5.70. The second-order valence-electron chi connectivity index (χ2n) is 8.92. The molecular formula is C27H30N2O2. The molecule has 1 aromatic heterocycles. The SMILES string of the molecule is COc1ccc(Cc2nc3ccccc3n2Cc2ccc(C(C)(C)C)cc2)cc1OC. The summed E-state index contributed by atoms with van der Waals surface area (Å²) in [5, 5.41) is 0. The topological polar surface area (TPSA) is 36.3 Å². The molecule has 0 saturated carbocycles. The molecule has 0 fully saturated rings. The number of methoxy groups -OCH3 is 2. The van der Waals surface area contributed by atoms with Crippen LogP contribution in [-0.4, -0.2) is 23.8 Å². The molecule has 0 amide bonds. The van der Waals surface area contributed by atoms with E-state index in [1.807, 2.05) is 18.2 Å². The first-order valence-corrected chi connectivity index (χ1v) is 10.6. The Morgan fingerprint density at radius 2 is 1.48 bits per heavy atom. The van der Waals surface area contributed by atoms with E-state index in [-0.39, 0.29) is 5.41 Å². The van der Waals surface area contributed by atoms with Gasteiger partial charge in [0.05, 0.1) is 25.3 Å². The molecule has 0 N–H and O–H groups in total. The van der Waals surface area contributed by atoms with Gasteiger partial charge in [0.15, 0.2) is 11.5 Å². The first-order chi connectivity index (χ1) is 14.9. The molecule has 0 aliphatic carbocycles. The molecule has 0 bridgehead atoms. The molecule has 0 atom stereocenters. The summed E-state index contributed by atoms with van der Waals surface area (Å²) < 4.78 is 13.2. The van der Waals surface area contributed by atoms with Gasteiger partial charge in [0, 0.05) is 13.0 Å². The van der Waals surface area contributed by atoms with Gasteiger partial charge in [0.1, 0.15) is 5.82 Å². The monoisotopic (exact) mass is 414 g/mol. The van der Waals surface area contributed by atoms with Crippen molar-refractivity contribution in [2.75, 3.05) is 14.2 Å². The standard InChI is InChI=1S/C27H30N2O2/c1-27(2,3)21-13-10-19(11-14-21)18-29-23-9-7-6-8-22(23)28-26(29)17-20-12-15-24(30-4)25(16-20)31-5/h6-16H,17-18H2,1-5H3. The van der Waals surface area contributed by atoms with Gasteiger partial charge >= 0.3 is 0 Å². The number of benzene rings is 3. The minimum Gasteiger partial charge on any atom is -0.493 e. The Bertz CT molecular complexity index is 1180. The highest BCUT2D eigenvalue weighted by atomic mass is 16.5. The summed E-state index contributed by atoms with van der Waals surface area (Å²) in [4.78, 5) is 4.95. The van der Waals surface area contributed by atoms with E-state index in [9.17, 15) is 0 Å². The largest absolute Gasteiger partial charge is 0.493 e. The van der Waals surface area contributed by atoms with Crippen molar-refractivity contribution in [1.29, 1.82) is 0 Å². The van der Waals surface area contributed by atoms with Crippen LogP contribution in [0.3, 0.4) is 0 Å². The maximum absolute atomic E-state index is 5.49. The molecule has 0 aliphatic rings. The zero-order valence-corrected chi connectivity index (χ0v) is 19.0. The van der Waals surface area contributed by atoms with E-state index >= 15 is 0 Å². The van der Waals surface area contributed by atoms with E-state index in [1.54, 1.807) is 14.2 Å². The number of ether oxygens (including phenoxy) is 2. The Balaban J connectivity index is 1.69. The number of fused-ring (bicyclic) bond motifs is 1. The van der Waals surface area contributed by atoms with Gasteiger partial charge in [0.25, 0.3) is 0 Å². The van der Waals surface area contributed by atoms with E-state index < -0.39 is 0 Å². The van der Waals surface area contributed by atoms with Gasteiger partial charge in [-0.2, -0.15) is 0 Å². The molecule has 0 spiro atoms. The number of hydrogen-bond donors (Lipinski definition) is 0. The highest BCUT2D eigenvalue weighted by Crippen LogP contribution is 2.29. The van der Waals surface area contributed by atoms with Crippen LogP contribution in [0.1, 0.15) is 43.3 Å². The minimum absolute atomic E-state index is 0.152. The van der Waals surface area contributed by atoms with Crippen LogP contribution in [-0.2, 0) is 18.4 Å². The first-order valence-electron chi connectivity index (χ1n) is 10.6. The molecule has 0 radical (unpaired) electrons. The van der Waals surface area contributed by atoms with Crippen molar-refractivity contribution in [1.82, 2.24) is 9.55 Å². The van der Waals surface area contributed by atoms with E-state index in [0.29, 0.717) is 0 Å². The lowest BCUT2D eigenvalue weighted by Gasteiger charge is -2.19. The average Bonchev–Trinajstić information content (AvgIpc) is 3.10. The van der Waals surface area contributed by atoms with E-state index in [0.717, 1.165) is 46.9 Å². The van der Waals surface area contributed by atoms with Crippen LogP contribution in [0.25, 0.3) is 11.0 Å². The Labute approximate surface area is 184 Å². The van der Waals surface area contributed by atoms with Crippen molar-refractivity contribution < 1.29 is 9.47 Å². The van der Waals surface area contributed by atoms with Gasteiger partial charge in [-0.3, -0.25) is 0 Å². The highest BCUT2D eigenvalue weighted by Gasteiger charge is 2.15. The quantitative estimate of drug-likeness (QED) is 0.389. The molecule has 4 nitrogen and oxygen atoms in total. The third kappa shape index (κ3) is 4.43. The summed E-state index contributed by atoms with van der Waals surface area (Å²) in [5.74, 6) is 2.51. The van der Waals surface area contributed by atoms with Crippen molar-refractivity contribution in [2.45, 2.75) is 39.2 Å². The van der Waals surface area contributed by atoms with Gasteiger partial charge in [-0.1, -0.05) is 63.2 Å². The Kier molecular flexibility index (Phi) is 5.73. The maximum atomic E-state index is 5.49. The molecular weight excluding hydrogens is 384 g/mol. The molecule has 0 saturated heterocycles. The predicted octanol–water partition coefficient (Wildman–Crippen LogP) is 5.99. The maximum Gasteiger partial charge on any atom is 0.161 e. The van der Waals surface area contributed by atoms with E-state index in [2.05, 4.69) is 73.9 Å². The van der Waals surface area contributed by atoms with E-state index in [4.69, 9.17) is 14.5 Å².